The average molecular weight is 546 g/mol. The SMILES string of the molecule is COCCOc1ccc(-c2cnc(NC(C)=O)cc2Nc2cc(OC[C@@H](C)OC)cc(S(C)(=O)=O)n2)nc1. The van der Waals surface area contributed by atoms with Gasteiger partial charge in [-0.2, -0.15) is 0 Å². The molecule has 0 saturated carbocycles. The number of sulfone groups is 1. The van der Waals surface area contributed by atoms with E-state index in [2.05, 4.69) is 25.6 Å². The highest BCUT2D eigenvalue weighted by Crippen LogP contribution is 2.32. The van der Waals surface area contributed by atoms with Crippen molar-refractivity contribution in [2.45, 2.75) is 25.0 Å². The Bertz CT molecular complexity index is 1350. The van der Waals surface area contributed by atoms with Crippen LogP contribution < -0.4 is 20.1 Å². The number of amides is 1. The highest BCUT2D eigenvalue weighted by Gasteiger charge is 2.16. The Kier molecular flexibility index (Phi) is 9.93. The fraction of sp³-hybridized carbons (Fsp3) is 0.360. The fourth-order valence-electron chi connectivity index (χ4n) is 3.12. The first-order valence-corrected chi connectivity index (χ1v) is 13.5. The number of carbonyl (C=O) groups is 1. The molecule has 0 aliphatic carbocycles. The van der Waals surface area contributed by atoms with Gasteiger partial charge in [-0.05, 0) is 19.1 Å². The van der Waals surface area contributed by atoms with E-state index in [0.717, 1.165) is 6.26 Å². The Labute approximate surface area is 221 Å². The molecule has 3 aromatic rings. The minimum Gasteiger partial charge on any atom is -0.491 e. The lowest BCUT2D eigenvalue weighted by molar-refractivity contribution is -0.114. The minimum atomic E-state index is -3.65. The lowest BCUT2D eigenvalue weighted by Crippen LogP contribution is -2.16. The first-order chi connectivity index (χ1) is 18.1. The molecule has 0 bridgehead atoms. The molecular formula is C25H31N5O7S. The van der Waals surface area contributed by atoms with E-state index in [4.69, 9.17) is 18.9 Å². The molecule has 0 aromatic carbocycles. The van der Waals surface area contributed by atoms with E-state index in [-0.39, 0.29) is 35.3 Å². The molecule has 3 aromatic heterocycles. The molecule has 0 saturated heterocycles. The molecule has 12 nitrogen and oxygen atoms in total. The van der Waals surface area contributed by atoms with Gasteiger partial charge in [-0.3, -0.25) is 9.78 Å². The van der Waals surface area contributed by atoms with Crippen LogP contribution >= 0.6 is 0 Å². The molecule has 0 fully saturated rings. The van der Waals surface area contributed by atoms with Gasteiger partial charge in [-0.15, -0.1) is 0 Å². The molecule has 0 aliphatic heterocycles. The number of hydrogen-bond donors (Lipinski definition) is 2. The van der Waals surface area contributed by atoms with Crippen molar-refractivity contribution in [1.29, 1.82) is 0 Å². The third kappa shape index (κ3) is 8.36. The molecule has 3 rings (SSSR count). The minimum absolute atomic E-state index is 0.170. The molecule has 0 radical (unpaired) electrons. The van der Waals surface area contributed by atoms with E-state index < -0.39 is 9.84 Å². The van der Waals surface area contributed by atoms with Crippen LogP contribution in [-0.2, 0) is 24.1 Å². The summed E-state index contributed by atoms with van der Waals surface area (Å²) in [4.78, 5) is 24.6. The monoisotopic (exact) mass is 545 g/mol. The van der Waals surface area contributed by atoms with Gasteiger partial charge in [0.15, 0.2) is 14.9 Å². The zero-order valence-electron chi connectivity index (χ0n) is 21.8. The van der Waals surface area contributed by atoms with Gasteiger partial charge >= 0.3 is 0 Å². The van der Waals surface area contributed by atoms with Gasteiger partial charge in [0.05, 0.1) is 30.3 Å². The van der Waals surface area contributed by atoms with Crippen LogP contribution in [-0.4, -0.2) is 75.7 Å². The summed E-state index contributed by atoms with van der Waals surface area (Å²) in [6.07, 6.45) is 3.97. The molecule has 0 aliphatic rings. The smallest absolute Gasteiger partial charge is 0.222 e. The van der Waals surface area contributed by atoms with Crippen molar-refractivity contribution in [3.8, 4) is 22.8 Å². The second-order valence-electron chi connectivity index (χ2n) is 8.30. The number of rotatable bonds is 13. The van der Waals surface area contributed by atoms with Crippen molar-refractivity contribution in [2.24, 2.45) is 0 Å². The van der Waals surface area contributed by atoms with E-state index >= 15 is 0 Å². The van der Waals surface area contributed by atoms with Crippen molar-refractivity contribution in [2.75, 3.05) is 50.9 Å². The van der Waals surface area contributed by atoms with Gasteiger partial charge in [0, 0.05) is 57.4 Å². The third-order valence-corrected chi connectivity index (χ3v) is 6.05. The molecule has 38 heavy (non-hydrogen) atoms. The normalized spacial score (nSPS) is 12.0. The van der Waals surface area contributed by atoms with Gasteiger partial charge in [-0.1, -0.05) is 0 Å². The standard InChI is InChI=1S/C25H31N5O7S/c1-16(35-4)15-37-19-10-24(30-25(11-19)38(5,32)33)29-22-12-23(28-17(2)31)27-14-20(22)21-7-6-18(13-26-21)36-9-8-34-3/h6-7,10-14,16H,8-9,15H2,1-5H3,(H2,27,28,29,30,31)/t16-/m1/s1. The summed E-state index contributed by atoms with van der Waals surface area (Å²) in [5.74, 6) is 1.05. The lowest BCUT2D eigenvalue weighted by Gasteiger charge is -2.16. The highest BCUT2D eigenvalue weighted by molar-refractivity contribution is 7.90. The topological polar surface area (TPSA) is 151 Å². The molecule has 204 valence electrons. The fourth-order valence-corrected chi connectivity index (χ4v) is 3.71. The van der Waals surface area contributed by atoms with Crippen LogP contribution in [0.4, 0.5) is 17.3 Å². The van der Waals surface area contributed by atoms with Gasteiger partial charge in [0.25, 0.3) is 0 Å². The zero-order valence-corrected chi connectivity index (χ0v) is 22.7. The molecule has 0 spiro atoms. The largest absolute Gasteiger partial charge is 0.491 e. The first-order valence-electron chi connectivity index (χ1n) is 11.6. The number of hydrogen-bond acceptors (Lipinski definition) is 11. The molecule has 2 N–H and O–H groups in total. The summed E-state index contributed by atoms with van der Waals surface area (Å²) in [5, 5.41) is 5.60. The van der Waals surface area contributed by atoms with E-state index in [0.29, 0.717) is 41.7 Å². The van der Waals surface area contributed by atoms with Gasteiger partial charge in [-0.25, -0.2) is 18.4 Å². The van der Waals surface area contributed by atoms with E-state index in [1.165, 1.54) is 13.0 Å². The maximum absolute atomic E-state index is 12.3. The molecule has 3 heterocycles. The Morgan fingerprint density at radius 2 is 1.79 bits per heavy atom. The van der Waals surface area contributed by atoms with Crippen LogP contribution in [0.25, 0.3) is 11.3 Å². The van der Waals surface area contributed by atoms with E-state index in [1.54, 1.807) is 50.9 Å². The van der Waals surface area contributed by atoms with Crippen LogP contribution in [0.5, 0.6) is 11.5 Å². The lowest BCUT2D eigenvalue weighted by atomic mass is 10.1. The predicted molar refractivity (Wildman–Crippen MR) is 142 cm³/mol. The summed E-state index contributed by atoms with van der Waals surface area (Å²) in [6, 6.07) is 8.03. The van der Waals surface area contributed by atoms with Crippen LogP contribution in [0, 0.1) is 0 Å². The van der Waals surface area contributed by atoms with Gasteiger partial charge in [0.2, 0.25) is 5.91 Å². The number of ether oxygens (including phenoxy) is 4. The van der Waals surface area contributed by atoms with Gasteiger partial charge in [0.1, 0.15) is 36.3 Å². The van der Waals surface area contributed by atoms with Crippen molar-refractivity contribution in [3.05, 3.63) is 42.7 Å². The summed E-state index contributed by atoms with van der Waals surface area (Å²) in [6.45, 7) is 4.23. The molecule has 0 unspecified atom stereocenters. The zero-order chi connectivity index (χ0) is 27.7. The maximum Gasteiger partial charge on any atom is 0.222 e. The van der Waals surface area contributed by atoms with Crippen molar-refractivity contribution in [1.82, 2.24) is 15.0 Å². The van der Waals surface area contributed by atoms with Gasteiger partial charge < -0.3 is 29.6 Å². The number of anilines is 3. The molecule has 1 atom stereocenters. The third-order valence-electron chi connectivity index (χ3n) is 5.08. The number of nitrogens with one attached hydrogen (secondary N) is 2. The number of pyridine rings is 3. The summed E-state index contributed by atoms with van der Waals surface area (Å²) in [7, 11) is -0.507. The van der Waals surface area contributed by atoms with Crippen LogP contribution in [0.15, 0.2) is 47.8 Å². The van der Waals surface area contributed by atoms with Crippen LogP contribution in [0.1, 0.15) is 13.8 Å². The molecule has 13 heteroatoms. The second kappa shape index (κ2) is 13.1. The maximum atomic E-state index is 12.3. The summed E-state index contributed by atoms with van der Waals surface area (Å²) < 4.78 is 46.1. The Balaban J connectivity index is 2.00. The molecular weight excluding hydrogens is 514 g/mol. The van der Waals surface area contributed by atoms with Crippen molar-refractivity contribution < 1.29 is 32.2 Å². The predicted octanol–water partition coefficient (Wildman–Crippen LogP) is 3.08. The Morgan fingerprint density at radius 1 is 1.00 bits per heavy atom. The molecule has 1 amide bonds. The average Bonchev–Trinajstić information content (AvgIpc) is 2.87. The summed E-state index contributed by atoms with van der Waals surface area (Å²) >= 11 is 0. The summed E-state index contributed by atoms with van der Waals surface area (Å²) in [5.41, 5.74) is 1.60. The van der Waals surface area contributed by atoms with Crippen LogP contribution in [0.2, 0.25) is 0 Å². The number of carbonyl (C=O) groups excluding carboxylic acids is 1. The quantitative estimate of drug-likeness (QED) is 0.305. The van der Waals surface area contributed by atoms with Crippen molar-refractivity contribution in [3.63, 3.8) is 0 Å². The van der Waals surface area contributed by atoms with Crippen molar-refractivity contribution >= 4 is 33.1 Å². The number of aromatic nitrogens is 3. The Morgan fingerprint density at radius 3 is 2.42 bits per heavy atom. The Hall–Kier alpha value is -3.81. The van der Waals surface area contributed by atoms with E-state index in [9.17, 15) is 13.2 Å². The highest BCUT2D eigenvalue weighted by atomic mass is 32.2. The first kappa shape index (κ1) is 28.8. The number of methoxy groups -OCH3 is 2. The van der Waals surface area contributed by atoms with E-state index in [1.807, 2.05) is 6.92 Å². The number of nitrogens with zero attached hydrogens (tertiary/aromatic N) is 3. The second-order valence-corrected chi connectivity index (χ2v) is 10.3. The van der Waals surface area contributed by atoms with Crippen LogP contribution in [0.3, 0.4) is 0 Å².